The molecule has 0 aromatic rings. The lowest BCUT2D eigenvalue weighted by Crippen LogP contribution is -2.49. The topological polar surface area (TPSA) is 61.8 Å². The summed E-state index contributed by atoms with van der Waals surface area (Å²) in [6.07, 6.45) is 1.20. The van der Waals surface area contributed by atoms with Crippen molar-refractivity contribution in [3.05, 3.63) is 0 Å². The molecule has 1 aliphatic rings. The molecule has 5 nitrogen and oxygen atoms in total. The predicted molar refractivity (Wildman–Crippen MR) is 65.8 cm³/mol. The lowest BCUT2D eigenvalue weighted by atomic mass is 9.94. The summed E-state index contributed by atoms with van der Waals surface area (Å²) in [4.78, 5) is 13.4. The van der Waals surface area contributed by atoms with E-state index in [0.717, 1.165) is 0 Å². The lowest BCUT2D eigenvalue weighted by Gasteiger charge is -2.35. The Morgan fingerprint density at radius 2 is 2.06 bits per heavy atom. The highest BCUT2D eigenvalue weighted by molar-refractivity contribution is 5.78. The summed E-state index contributed by atoms with van der Waals surface area (Å²) in [5.74, 6) is 0.0126. The van der Waals surface area contributed by atoms with E-state index in [2.05, 4.69) is 5.32 Å². The van der Waals surface area contributed by atoms with Crippen LogP contribution < -0.4 is 5.32 Å². The molecule has 0 spiro atoms. The first-order valence-electron chi connectivity index (χ1n) is 6.20. The number of likely N-dealkylation sites (N-methyl/N-ethyl adjacent to an activating group) is 1. The van der Waals surface area contributed by atoms with E-state index in [1.165, 1.54) is 0 Å². The summed E-state index contributed by atoms with van der Waals surface area (Å²) in [5.41, 5.74) is -0.777. The van der Waals surface area contributed by atoms with Gasteiger partial charge < -0.3 is 20.1 Å². The van der Waals surface area contributed by atoms with Crippen molar-refractivity contribution in [2.45, 2.75) is 38.3 Å². The summed E-state index contributed by atoms with van der Waals surface area (Å²) in [5, 5.41) is 13.4. The lowest BCUT2D eigenvalue weighted by molar-refractivity contribution is -0.135. The van der Waals surface area contributed by atoms with E-state index in [1.807, 2.05) is 13.8 Å². The first kappa shape index (κ1) is 14.4. The van der Waals surface area contributed by atoms with Crippen LogP contribution in [0.3, 0.4) is 0 Å². The van der Waals surface area contributed by atoms with Crippen LogP contribution in [0.2, 0.25) is 0 Å². The second-order valence-corrected chi connectivity index (χ2v) is 5.12. The van der Waals surface area contributed by atoms with Crippen LogP contribution in [0.15, 0.2) is 0 Å². The van der Waals surface area contributed by atoms with Crippen LogP contribution in [0, 0.1) is 0 Å². The average Bonchev–Trinajstić information content (AvgIpc) is 2.26. The van der Waals surface area contributed by atoms with Gasteiger partial charge in [-0.2, -0.15) is 0 Å². The fourth-order valence-electron chi connectivity index (χ4n) is 1.87. The molecule has 1 fully saturated rings. The van der Waals surface area contributed by atoms with Crippen LogP contribution in [-0.2, 0) is 9.53 Å². The molecule has 1 saturated heterocycles. The Bertz CT molecular complexity index is 250. The summed E-state index contributed by atoms with van der Waals surface area (Å²) < 4.78 is 5.21. The van der Waals surface area contributed by atoms with E-state index < -0.39 is 5.60 Å². The van der Waals surface area contributed by atoms with Gasteiger partial charge in [0.2, 0.25) is 5.91 Å². The quantitative estimate of drug-likeness (QED) is 0.714. The number of aliphatic hydroxyl groups is 1. The van der Waals surface area contributed by atoms with E-state index in [0.29, 0.717) is 45.2 Å². The smallest absolute Gasteiger partial charge is 0.236 e. The number of hydrogen-bond acceptors (Lipinski definition) is 4. The number of ether oxygens (including phenoxy) is 1. The van der Waals surface area contributed by atoms with Gasteiger partial charge in [-0.15, -0.1) is 0 Å². The van der Waals surface area contributed by atoms with Crippen molar-refractivity contribution in [2.24, 2.45) is 0 Å². The van der Waals surface area contributed by atoms with Gasteiger partial charge in [0.1, 0.15) is 0 Å². The van der Waals surface area contributed by atoms with Crippen molar-refractivity contribution in [3.63, 3.8) is 0 Å². The molecule has 0 aromatic carbocycles. The molecule has 0 aliphatic carbocycles. The van der Waals surface area contributed by atoms with E-state index in [4.69, 9.17) is 4.74 Å². The van der Waals surface area contributed by atoms with Crippen LogP contribution in [0.1, 0.15) is 26.7 Å². The minimum atomic E-state index is -0.777. The molecule has 0 atom stereocenters. The molecule has 5 heteroatoms. The molecule has 1 aliphatic heterocycles. The van der Waals surface area contributed by atoms with E-state index >= 15 is 0 Å². The number of carbonyl (C=O) groups excluding carboxylic acids is 1. The molecule has 0 radical (unpaired) electrons. The highest BCUT2D eigenvalue weighted by Crippen LogP contribution is 2.21. The normalized spacial score (nSPS) is 19.4. The fraction of sp³-hybridized carbons (Fsp3) is 0.917. The van der Waals surface area contributed by atoms with E-state index in [9.17, 15) is 9.90 Å². The van der Waals surface area contributed by atoms with Gasteiger partial charge in [-0.05, 0) is 0 Å². The zero-order valence-corrected chi connectivity index (χ0v) is 11.0. The summed E-state index contributed by atoms with van der Waals surface area (Å²) in [7, 11) is 1.73. The Kier molecular flexibility index (Phi) is 5.36. The monoisotopic (exact) mass is 244 g/mol. The molecule has 0 bridgehead atoms. The number of hydrogen-bond donors (Lipinski definition) is 2. The maximum Gasteiger partial charge on any atom is 0.236 e. The molecule has 1 rings (SSSR count). The van der Waals surface area contributed by atoms with Crippen LogP contribution >= 0.6 is 0 Å². The number of rotatable bonds is 5. The number of carbonyl (C=O) groups is 1. The van der Waals surface area contributed by atoms with E-state index in [-0.39, 0.29) is 5.91 Å². The number of nitrogens with one attached hydrogen (secondary N) is 1. The molecule has 1 heterocycles. The van der Waals surface area contributed by atoms with Crippen molar-refractivity contribution < 1.29 is 14.6 Å². The summed E-state index contributed by atoms with van der Waals surface area (Å²) in [6, 6.07) is 0.290. The third kappa shape index (κ3) is 5.02. The maximum atomic E-state index is 11.8. The largest absolute Gasteiger partial charge is 0.388 e. The summed E-state index contributed by atoms with van der Waals surface area (Å²) in [6.45, 7) is 5.85. The zero-order chi connectivity index (χ0) is 12.9. The fourth-order valence-corrected chi connectivity index (χ4v) is 1.87. The molecule has 0 aromatic heterocycles. The van der Waals surface area contributed by atoms with Gasteiger partial charge in [-0.1, -0.05) is 13.8 Å². The first-order valence-corrected chi connectivity index (χ1v) is 6.20. The molecule has 0 unspecified atom stereocenters. The highest BCUT2D eigenvalue weighted by atomic mass is 16.5. The van der Waals surface area contributed by atoms with Crippen molar-refractivity contribution in [2.75, 3.05) is 33.4 Å². The standard InChI is InChI=1S/C12H24N2O3/c1-10(2)13-8-11(15)14(3)9-12(16)4-6-17-7-5-12/h10,13,16H,4-9H2,1-3H3. The molecule has 100 valence electrons. The number of nitrogens with zero attached hydrogens (tertiary/aromatic N) is 1. The Labute approximate surface area is 103 Å². The molecular formula is C12H24N2O3. The Hall–Kier alpha value is -0.650. The molecule has 1 amide bonds. The van der Waals surface area contributed by atoms with Crippen molar-refractivity contribution in [3.8, 4) is 0 Å². The van der Waals surface area contributed by atoms with Gasteiger partial charge in [-0.3, -0.25) is 4.79 Å². The average molecular weight is 244 g/mol. The minimum absolute atomic E-state index is 0.0126. The third-order valence-electron chi connectivity index (χ3n) is 3.04. The predicted octanol–water partition coefficient (Wildman–Crippen LogP) is -0.0157. The zero-order valence-electron chi connectivity index (χ0n) is 11.0. The molecule has 17 heavy (non-hydrogen) atoms. The van der Waals surface area contributed by atoms with Gasteiger partial charge in [0, 0.05) is 45.7 Å². The Balaban J connectivity index is 2.36. The second kappa shape index (κ2) is 6.33. The van der Waals surface area contributed by atoms with Crippen molar-refractivity contribution in [1.29, 1.82) is 0 Å². The van der Waals surface area contributed by atoms with Crippen LogP contribution in [0.5, 0.6) is 0 Å². The molecular weight excluding hydrogens is 220 g/mol. The third-order valence-corrected chi connectivity index (χ3v) is 3.04. The van der Waals surface area contributed by atoms with Crippen molar-refractivity contribution >= 4 is 5.91 Å². The Morgan fingerprint density at radius 1 is 1.47 bits per heavy atom. The van der Waals surface area contributed by atoms with Crippen molar-refractivity contribution in [1.82, 2.24) is 10.2 Å². The minimum Gasteiger partial charge on any atom is -0.388 e. The molecule has 2 N–H and O–H groups in total. The second-order valence-electron chi connectivity index (χ2n) is 5.12. The first-order chi connectivity index (χ1) is 7.93. The Morgan fingerprint density at radius 3 is 2.59 bits per heavy atom. The molecule has 0 saturated carbocycles. The van der Waals surface area contributed by atoms with Gasteiger partial charge in [0.15, 0.2) is 0 Å². The highest BCUT2D eigenvalue weighted by Gasteiger charge is 2.32. The van der Waals surface area contributed by atoms with Gasteiger partial charge >= 0.3 is 0 Å². The van der Waals surface area contributed by atoms with Gasteiger partial charge in [0.05, 0.1) is 12.1 Å². The van der Waals surface area contributed by atoms with Crippen LogP contribution in [0.25, 0.3) is 0 Å². The van der Waals surface area contributed by atoms with Gasteiger partial charge in [-0.25, -0.2) is 0 Å². The number of amides is 1. The van der Waals surface area contributed by atoms with E-state index in [1.54, 1.807) is 11.9 Å². The van der Waals surface area contributed by atoms with Crippen LogP contribution in [-0.4, -0.2) is 60.9 Å². The van der Waals surface area contributed by atoms with Gasteiger partial charge in [0.25, 0.3) is 0 Å². The SMILES string of the molecule is CC(C)NCC(=O)N(C)CC1(O)CCOCC1. The maximum absolute atomic E-state index is 11.8. The summed E-state index contributed by atoms with van der Waals surface area (Å²) >= 11 is 0. The van der Waals surface area contributed by atoms with Crippen LogP contribution in [0.4, 0.5) is 0 Å².